The molecule has 0 aliphatic rings. The Labute approximate surface area is 91.3 Å². The van der Waals surface area contributed by atoms with Gasteiger partial charge in [-0.05, 0) is 0 Å². The Morgan fingerprint density at radius 1 is 0.750 bits per heavy atom. The van der Waals surface area contributed by atoms with Gasteiger partial charge in [-0.3, -0.25) is 4.90 Å². The summed E-state index contributed by atoms with van der Waals surface area (Å²) < 4.78 is 0. The average molecular weight is 233 g/mol. The van der Waals surface area contributed by atoms with Crippen molar-refractivity contribution in [1.29, 1.82) is 0 Å². The Morgan fingerprint density at radius 3 is 1.19 bits per heavy atom. The smallest absolute Gasteiger partial charge is 0.153 e. The average Bonchev–Trinajstić information content (AvgIpc) is 2.28. The standard InChI is InChI=1S/C6H15N7O3/c7-4(10-14)1-13(2-5(8)11-15)3-6(9)12-16/h14-16H,1-3H2,(H2,7,10)(H2,8,11)(H2,9,12). The Hall–Kier alpha value is -2.23. The van der Waals surface area contributed by atoms with E-state index in [1.54, 1.807) is 0 Å². The summed E-state index contributed by atoms with van der Waals surface area (Å²) in [5.74, 6) is -0.260. The van der Waals surface area contributed by atoms with Gasteiger partial charge in [-0.25, -0.2) is 0 Å². The normalized spacial score (nSPS) is 14.4. The summed E-state index contributed by atoms with van der Waals surface area (Å²) in [5.41, 5.74) is 15.8. The molecule has 0 aromatic rings. The quantitative estimate of drug-likeness (QED) is 0.127. The van der Waals surface area contributed by atoms with Crippen LogP contribution in [0, 0.1) is 0 Å². The number of rotatable bonds is 6. The van der Waals surface area contributed by atoms with Crippen molar-refractivity contribution in [2.24, 2.45) is 32.7 Å². The molecule has 0 saturated heterocycles. The fraction of sp³-hybridized carbons (Fsp3) is 0.500. The summed E-state index contributed by atoms with van der Waals surface area (Å²) in [6.07, 6.45) is 0. The van der Waals surface area contributed by atoms with Crippen LogP contribution in [-0.4, -0.2) is 57.7 Å². The number of nitrogens with two attached hydrogens (primary N) is 3. The molecule has 16 heavy (non-hydrogen) atoms. The molecule has 0 saturated carbocycles. The van der Waals surface area contributed by atoms with Crippen molar-refractivity contribution in [3.63, 3.8) is 0 Å². The van der Waals surface area contributed by atoms with E-state index in [1.165, 1.54) is 4.90 Å². The highest BCUT2D eigenvalue weighted by Crippen LogP contribution is 1.88. The van der Waals surface area contributed by atoms with Crippen molar-refractivity contribution in [3.8, 4) is 0 Å². The van der Waals surface area contributed by atoms with Crippen molar-refractivity contribution in [2.75, 3.05) is 19.6 Å². The fourth-order valence-corrected chi connectivity index (χ4v) is 0.950. The zero-order valence-corrected chi connectivity index (χ0v) is 8.48. The number of amidine groups is 3. The minimum absolute atomic E-state index is 0.0168. The van der Waals surface area contributed by atoms with Gasteiger partial charge in [0.2, 0.25) is 0 Å². The Morgan fingerprint density at radius 2 is 1.00 bits per heavy atom. The van der Waals surface area contributed by atoms with Gasteiger partial charge in [0, 0.05) is 0 Å². The predicted molar refractivity (Wildman–Crippen MR) is 56.7 cm³/mol. The van der Waals surface area contributed by atoms with Crippen LogP contribution in [0.1, 0.15) is 0 Å². The molecule has 0 unspecified atom stereocenters. The minimum atomic E-state index is -0.0866. The summed E-state index contributed by atoms with van der Waals surface area (Å²) in [4.78, 5) is 1.44. The maximum Gasteiger partial charge on any atom is 0.153 e. The molecular formula is C6H15N7O3. The molecule has 0 atom stereocenters. The number of hydrogen-bond acceptors (Lipinski definition) is 7. The van der Waals surface area contributed by atoms with Gasteiger partial charge in [-0.1, -0.05) is 15.5 Å². The van der Waals surface area contributed by atoms with Gasteiger partial charge < -0.3 is 32.8 Å². The van der Waals surface area contributed by atoms with Crippen molar-refractivity contribution < 1.29 is 15.6 Å². The minimum Gasteiger partial charge on any atom is -0.409 e. The molecule has 0 radical (unpaired) electrons. The lowest BCUT2D eigenvalue weighted by atomic mass is 10.4. The SMILES string of the molecule is N/C(CN(C/C(N)=N/O)C/C(N)=N\O)=N\O. The van der Waals surface area contributed by atoms with E-state index in [0.29, 0.717) is 0 Å². The fourth-order valence-electron chi connectivity index (χ4n) is 0.950. The number of oxime groups is 3. The van der Waals surface area contributed by atoms with E-state index in [-0.39, 0.29) is 37.1 Å². The van der Waals surface area contributed by atoms with Crippen molar-refractivity contribution in [3.05, 3.63) is 0 Å². The van der Waals surface area contributed by atoms with Gasteiger partial charge in [-0.2, -0.15) is 0 Å². The summed E-state index contributed by atoms with van der Waals surface area (Å²) in [6, 6.07) is 0. The van der Waals surface area contributed by atoms with Gasteiger partial charge in [0.1, 0.15) is 0 Å². The molecule has 0 aliphatic heterocycles. The molecule has 10 nitrogen and oxygen atoms in total. The first kappa shape index (κ1) is 13.8. The molecule has 9 N–H and O–H groups in total. The van der Waals surface area contributed by atoms with E-state index in [2.05, 4.69) is 15.5 Å². The third-order valence-electron chi connectivity index (χ3n) is 1.54. The lowest BCUT2D eigenvalue weighted by Crippen LogP contribution is -2.44. The maximum atomic E-state index is 8.38. The third-order valence-corrected chi connectivity index (χ3v) is 1.54. The largest absolute Gasteiger partial charge is 0.409 e. The second-order valence-electron chi connectivity index (χ2n) is 2.92. The summed E-state index contributed by atoms with van der Waals surface area (Å²) in [7, 11) is 0. The molecule has 0 spiro atoms. The summed E-state index contributed by atoms with van der Waals surface area (Å²) in [6.45, 7) is 0.0504. The molecular weight excluding hydrogens is 218 g/mol. The van der Waals surface area contributed by atoms with Gasteiger partial charge in [0.15, 0.2) is 17.5 Å². The van der Waals surface area contributed by atoms with Crippen LogP contribution in [-0.2, 0) is 0 Å². The van der Waals surface area contributed by atoms with Crippen molar-refractivity contribution in [2.45, 2.75) is 0 Å². The second-order valence-corrected chi connectivity index (χ2v) is 2.92. The van der Waals surface area contributed by atoms with Crippen LogP contribution >= 0.6 is 0 Å². The topological polar surface area (TPSA) is 179 Å². The highest BCUT2D eigenvalue weighted by Gasteiger charge is 2.11. The molecule has 0 heterocycles. The Bertz CT molecular complexity index is 253. The third kappa shape index (κ3) is 5.49. The lowest BCUT2D eigenvalue weighted by Gasteiger charge is -2.19. The first-order valence-corrected chi connectivity index (χ1v) is 4.15. The van der Waals surface area contributed by atoms with E-state index in [4.69, 9.17) is 32.8 Å². The van der Waals surface area contributed by atoms with Crippen molar-refractivity contribution in [1.82, 2.24) is 4.90 Å². The predicted octanol–water partition coefficient (Wildman–Crippen LogP) is -2.47. The number of hydrogen-bond donors (Lipinski definition) is 6. The van der Waals surface area contributed by atoms with E-state index >= 15 is 0 Å². The Balaban J connectivity index is 4.50. The zero-order valence-electron chi connectivity index (χ0n) is 8.48. The molecule has 0 bridgehead atoms. The van der Waals surface area contributed by atoms with Crippen LogP contribution in [0.5, 0.6) is 0 Å². The maximum absolute atomic E-state index is 8.38. The van der Waals surface area contributed by atoms with E-state index in [9.17, 15) is 0 Å². The van der Waals surface area contributed by atoms with E-state index < -0.39 is 0 Å². The summed E-state index contributed by atoms with van der Waals surface area (Å²) >= 11 is 0. The number of nitrogens with zero attached hydrogens (tertiary/aromatic N) is 4. The first-order valence-electron chi connectivity index (χ1n) is 4.15. The van der Waals surface area contributed by atoms with Crippen LogP contribution < -0.4 is 17.2 Å². The van der Waals surface area contributed by atoms with E-state index in [0.717, 1.165) is 0 Å². The van der Waals surface area contributed by atoms with Crippen molar-refractivity contribution >= 4 is 17.5 Å². The lowest BCUT2D eigenvalue weighted by molar-refractivity contribution is 0.299. The summed E-state index contributed by atoms with van der Waals surface area (Å²) in [5, 5.41) is 33.4. The molecule has 10 heteroatoms. The molecule has 0 fully saturated rings. The van der Waals surface area contributed by atoms with Crippen LogP contribution in [0.15, 0.2) is 15.5 Å². The molecule has 0 aliphatic carbocycles. The molecule has 0 aromatic heterocycles. The van der Waals surface area contributed by atoms with Gasteiger partial charge >= 0.3 is 0 Å². The molecule has 0 amide bonds. The van der Waals surface area contributed by atoms with Gasteiger partial charge in [-0.15, -0.1) is 0 Å². The van der Waals surface area contributed by atoms with Crippen LogP contribution in [0.2, 0.25) is 0 Å². The highest BCUT2D eigenvalue weighted by molar-refractivity contribution is 5.87. The first-order chi connectivity index (χ1) is 7.53. The van der Waals surface area contributed by atoms with Gasteiger partial charge in [0.25, 0.3) is 0 Å². The zero-order chi connectivity index (χ0) is 12.6. The van der Waals surface area contributed by atoms with E-state index in [1.807, 2.05) is 0 Å². The van der Waals surface area contributed by atoms with Gasteiger partial charge in [0.05, 0.1) is 19.6 Å². The van der Waals surface area contributed by atoms with Crippen LogP contribution in [0.3, 0.4) is 0 Å². The molecule has 0 aromatic carbocycles. The monoisotopic (exact) mass is 233 g/mol. The van der Waals surface area contributed by atoms with Crippen LogP contribution in [0.25, 0.3) is 0 Å². The second kappa shape index (κ2) is 7.11. The van der Waals surface area contributed by atoms with Crippen LogP contribution in [0.4, 0.5) is 0 Å². The Kier molecular flexibility index (Phi) is 6.12. The molecule has 92 valence electrons. The highest BCUT2D eigenvalue weighted by atomic mass is 16.4. The molecule has 0 rings (SSSR count).